The minimum Gasteiger partial charge on any atom is -0.495 e. The van der Waals surface area contributed by atoms with E-state index in [-0.39, 0.29) is 5.91 Å². The molecule has 33 heavy (non-hydrogen) atoms. The largest absolute Gasteiger partial charge is 0.495 e. The lowest BCUT2D eigenvalue weighted by Crippen LogP contribution is -2.23. The lowest BCUT2D eigenvalue weighted by Gasteiger charge is -2.11. The van der Waals surface area contributed by atoms with Crippen LogP contribution < -0.4 is 19.5 Å². The van der Waals surface area contributed by atoms with Crippen LogP contribution in [-0.4, -0.2) is 37.4 Å². The quantitative estimate of drug-likeness (QED) is 0.413. The second-order valence-corrected chi connectivity index (χ2v) is 7.29. The summed E-state index contributed by atoms with van der Waals surface area (Å²) in [7, 11) is 4.75. The van der Waals surface area contributed by atoms with Gasteiger partial charge < -0.3 is 19.5 Å². The number of hydrogen-bond donors (Lipinski definition) is 2. The second kappa shape index (κ2) is 9.91. The lowest BCUT2D eigenvalue weighted by atomic mass is 10.1. The van der Waals surface area contributed by atoms with Gasteiger partial charge in [-0.15, -0.1) is 0 Å². The highest BCUT2D eigenvalue weighted by Gasteiger charge is 2.18. The molecule has 0 aliphatic carbocycles. The van der Waals surface area contributed by atoms with Gasteiger partial charge in [-0.25, -0.2) is 0 Å². The molecule has 3 aromatic carbocycles. The third-order valence-corrected chi connectivity index (χ3v) is 5.30. The molecule has 0 spiro atoms. The van der Waals surface area contributed by atoms with Gasteiger partial charge in [0, 0.05) is 6.54 Å². The monoisotopic (exact) mass is 443 g/mol. The van der Waals surface area contributed by atoms with Gasteiger partial charge in [0.25, 0.3) is 5.91 Å². The standard InChI is InChI=1S/C26H25N3O4/c1-31-22-14-10-17(15-23(22)32-2)9-12-20-24-21(29-28-20)13-11-19(25(24)33-3)26(30)27-16-18-7-5-4-6-8-18/h4-15H,16H2,1-3H3,(H,27,30)(H,28,29)/b12-9+. The third-order valence-electron chi connectivity index (χ3n) is 5.30. The van der Waals surface area contributed by atoms with E-state index in [4.69, 9.17) is 14.2 Å². The fourth-order valence-electron chi connectivity index (χ4n) is 3.62. The van der Waals surface area contributed by atoms with Crippen LogP contribution >= 0.6 is 0 Å². The lowest BCUT2D eigenvalue weighted by molar-refractivity contribution is 0.0948. The topological polar surface area (TPSA) is 85.5 Å². The van der Waals surface area contributed by atoms with Crippen LogP contribution in [0.1, 0.15) is 27.2 Å². The molecule has 1 amide bonds. The van der Waals surface area contributed by atoms with Crippen LogP contribution in [-0.2, 0) is 6.54 Å². The summed E-state index contributed by atoms with van der Waals surface area (Å²) in [5.41, 5.74) is 3.82. The van der Waals surface area contributed by atoms with Crippen molar-refractivity contribution in [1.29, 1.82) is 0 Å². The molecule has 4 aromatic rings. The summed E-state index contributed by atoms with van der Waals surface area (Å²) >= 11 is 0. The van der Waals surface area contributed by atoms with E-state index in [1.54, 1.807) is 27.4 Å². The van der Waals surface area contributed by atoms with E-state index in [0.29, 0.717) is 35.1 Å². The molecular weight excluding hydrogens is 418 g/mol. The SMILES string of the molecule is COc1ccc(/C=C/c2n[nH]c3ccc(C(=O)NCc4ccccc4)c(OC)c23)cc1OC. The van der Waals surface area contributed by atoms with Gasteiger partial charge in [-0.3, -0.25) is 9.89 Å². The first kappa shape index (κ1) is 22.0. The van der Waals surface area contributed by atoms with Crippen LogP contribution in [0.2, 0.25) is 0 Å². The Morgan fingerprint density at radius 3 is 2.45 bits per heavy atom. The molecule has 7 nitrogen and oxygen atoms in total. The first-order valence-corrected chi connectivity index (χ1v) is 10.4. The molecule has 1 aromatic heterocycles. The molecule has 0 unspecified atom stereocenters. The summed E-state index contributed by atoms with van der Waals surface area (Å²) in [6.45, 7) is 0.429. The number of aromatic nitrogens is 2. The zero-order chi connectivity index (χ0) is 23.2. The zero-order valence-corrected chi connectivity index (χ0v) is 18.7. The summed E-state index contributed by atoms with van der Waals surface area (Å²) in [5.74, 6) is 1.56. The molecule has 0 bridgehead atoms. The number of methoxy groups -OCH3 is 3. The number of carbonyl (C=O) groups excluding carboxylic acids is 1. The van der Waals surface area contributed by atoms with Gasteiger partial charge in [0.2, 0.25) is 0 Å². The van der Waals surface area contributed by atoms with Crippen LogP contribution in [0.25, 0.3) is 23.1 Å². The molecule has 168 valence electrons. The number of nitrogens with one attached hydrogen (secondary N) is 2. The normalized spacial score (nSPS) is 11.0. The molecule has 0 atom stereocenters. The maximum atomic E-state index is 12.9. The Morgan fingerprint density at radius 2 is 1.73 bits per heavy atom. The zero-order valence-electron chi connectivity index (χ0n) is 18.7. The number of nitrogens with zero attached hydrogens (tertiary/aromatic N) is 1. The number of rotatable bonds is 8. The molecule has 0 fully saturated rings. The maximum absolute atomic E-state index is 12.9. The first-order valence-electron chi connectivity index (χ1n) is 10.4. The van der Waals surface area contributed by atoms with Gasteiger partial charge in [-0.1, -0.05) is 42.5 Å². The Balaban J connectivity index is 1.64. The van der Waals surface area contributed by atoms with E-state index in [0.717, 1.165) is 22.0 Å². The van der Waals surface area contributed by atoms with Crippen molar-refractivity contribution in [2.45, 2.75) is 6.54 Å². The van der Waals surface area contributed by atoms with Gasteiger partial charge >= 0.3 is 0 Å². The fourth-order valence-corrected chi connectivity index (χ4v) is 3.62. The predicted molar refractivity (Wildman–Crippen MR) is 129 cm³/mol. The Kier molecular flexibility index (Phi) is 6.59. The van der Waals surface area contributed by atoms with E-state index >= 15 is 0 Å². The summed E-state index contributed by atoms with van der Waals surface area (Å²) in [6.07, 6.45) is 3.79. The minimum absolute atomic E-state index is 0.214. The average Bonchev–Trinajstić information content (AvgIpc) is 3.29. The number of fused-ring (bicyclic) bond motifs is 1. The van der Waals surface area contributed by atoms with E-state index in [1.807, 2.05) is 66.7 Å². The Labute approximate surface area is 192 Å². The van der Waals surface area contributed by atoms with Crippen molar-refractivity contribution >= 4 is 29.0 Å². The van der Waals surface area contributed by atoms with E-state index < -0.39 is 0 Å². The van der Waals surface area contributed by atoms with Crippen molar-refractivity contribution < 1.29 is 19.0 Å². The van der Waals surface area contributed by atoms with Crippen LogP contribution in [0.15, 0.2) is 60.7 Å². The number of aromatic amines is 1. The van der Waals surface area contributed by atoms with Crippen LogP contribution in [0.3, 0.4) is 0 Å². The van der Waals surface area contributed by atoms with Crippen molar-refractivity contribution in [3.63, 3.8) is 0 Å². The first-order chi connectivity index (χ1) is 16.1. The molecule has 7 heteroatoms. The van der Waals surface area contributed by atoms with Gasteiger partial charge in [-0.2, -0.15) is 5.10 Å². The third kappa shape index (κ3) is 4.67. The van der Waals surface area contributed by atoms with Gasteiger partial charge in [0.1, 0.15) is 5.75 Å². The van der Waals surface area contributed by atoms with Crippen molar-refractivity contribution in [2.75, 3.05) is 21.3 Å². The smallest absolute Gasteiger partial charge is 0.255 e. The fraction of sp³-hybridized carbons (Fsp3) is 0.154. The van der Waals surface area contributed by atoms with E-state index in [9.17, 15) is 4.79 Å². The van der Waals surface area contributed by atoms with Crippen molar-refractivity contribution in [2.24, 2.45) is 0 Å². The van der Waals surface area contributed by atoms with E-state index in [1.165, 1.54) is 0 Å². The molecular formula is C26H25N3O4. The summed E-state index contributed by atoms with van der Waals surface area (Å²) in [6, 6.07) is 19.0. The van der Waals surface area contributed by atoms with Crippen molar-refractivity contribution in [1.82, 2.24) is 15.5 Å². The highest BCUT2D eigenvalue weighted by atomic mass is 16.5. The van der Waals surface area contributed by atoms with Crippen molar-refractivity contribution in [3.8, 4) is 17.2 Å². The Bertz CT molecular complexity index is 1300. The molecule has 0 saturated heterocycles. The van der Waals surface area contributed by atoms with Gasteiger partial charge in [0.05, 0.1) is 43.5 Å². The summed E-state index contributed by atoms with van der Waals surface area (Å²) in [5, 5.41) is 11.1. The van der Waals surface area contributed by atoms with Crippen molar-refractivity contribution in [3.05, 3.63) is 83.0 Å². The summed E-state index contributed by atoms with van der Waals surface area (Å²) < 4.78 is 16.3. The number of carbonyl (C=O) groups is 1. The number of ether oxygens (including phenoxy) is 3. The number of benzene rings is 3. The number of H-pyrrole nitrogens is 1. The maximum Gasteiger partial charge on any atom is 0.255 e. The minimum atomic E-state index is -0.214. The predicted octanol–water partition coefficient (Wildman–Crippen LogP) is 4.69. The number of hydrogen-bond acceptors (Lipinski definition) is 5. The summed E-state index contributed by atoms with van der Waals surface area (Å²) in [4.78, 5) is 12.9. The Morgan fingerprint density at radius 1 is 0.939 bits per heavy atom. The highest BCUT2D eigenvalue weighted by molar-refractivity contribution is 6.05. The number of amides is 1. The average molecular weight is 444 g/mol. The highest BCUT2D eigenvalue weighted by Crippen LogP contribution is 2.33. The van der Waals surface area contributed by atoms with Crippen LogP contribution in [0.4, 0.5) is 0 Å². The molecule has 0 aliphatic heterocycles. The van der Waals surface area contributed by atoms with Gasteiger partial charge in [-0.05, 0) is 41.5 Å². The molecule has 0 saturated carbocycles. The van der Waals surface area contributed by atoms with Crippen LogP contribution in [0.5, 0.6) is 17.2 Å². The molecule has 2 N–H and O–H groups in total. The molecule has 0 aliphatic rings. The second-order valence-electron chi connectivity index (χ2n) is 7.29. The molecule has 1 heterocycles. The molecule has 4 rings (SSSR count). The Hall–Kier alpha value is -4.26. The van der Waals surface area contributed by atoms with Crippen LogP contribution in [0, 0.1) is 0 Å². The van der Waals surface area contributed by atoms with E-state index in [2.05, 4.69) is 15.5 Å². The molecule has 0 radical (unpaired) electrons. The van der Waals surface area contributed by atoms with Gasteiger partial charge in [0.15, 0.2) is 11.5 Å².